The van der Waals surface area contributed by atoms with Crippen LogP contribution in [0.15, 0.2) is 36.5 Å². The first-order valence-electron chi connectivity index (χ1n) is 28.5. The molecular weight excluding hydrogens is 805 g/mol. The standard InChI is InChI=1S/C59H108O6/c1-4-7-10-13-16-19-22-25-28-29-32-34-37-40-43-46-49-52-58(61)64-55-56(65-59(62)53-50-47-44-41-38-35-31-27-24-21-18-15-12-9-6-3)54-63-57(60)51-48-45-42-39-36-33-30-26-23-20-17-14-11-8-5-2/h16,19,25,27-28,31,56H,4-15,17-18,20-24,26,29-30,32-55H2,1-3H3/b19-16-,28-25-,31-27-/t56-/m0/s1. The lowest BCUT2D eigenvalue weighted by Gasteiger charge is -2.18. The molecule has 0 fully saturated rings. The van der Waals surface area contributed by atoms with Gasteiger partial charge < -0.3 is 14.2 Å². The molecule has 0 spiro atoms. The fraction of sp³-hybridized carbons (Fsp3) is 0.847. The molecule has 1 atom stereocenters. The maximum Gasteiger partial charge on any atom is 0.306 e. The van der Waals surface area contributed by atoms with E-state index in [-0.39, 0.29) is 31.1 Å². The maximum atomic E-state index is 12.8. The van der Waals surface area contributed by atoms with Crippen molar-refractivity contribution in [1.82, 2.24) is 0 Å². The van der Waals surface area contributed by atoms with E-state index in [2.05, 4.69) is 57.2 Å². The van der Waals surface area contributed by atoms with Crippen molar-refractivity contribution in [2.45, 2.75) is 309 Å². The highest BCUT2D eigenvalue weighted by Gasteiger charge is 2.19. The molecule has 0 rings (SSSR count). The normalized spacial score (nSPS) is 12.2. The molecule has 0 radical (unpaired) electrons. The number of unbranched alkanes of at least 4 members (excludes halogenated alkanes) is 35. The quantitative estimate of drug-likeness (QED) is 0.0262. The highest BCUT2D eigenvalue weighted by atomic mass is 16.6. The van der Waals surface area contributed by atoms with Crippen LogP contribution in [0.5, 0.6) is 0 Å². The first kappa shape index (κ1) is 62.6. The van der Waals surface area contributed by atoms with Crippen molar-refractivity contribution >= 4 is 17.9 Å². The van der Waals surface area contributed by atoms with Crippen LogP contribution < -0.4 is 0 Å². The molecule has 0 aliphatic heterocycles. The third-order valence-corrected chi connectivity index (χ3v) is 12.6. The Kier molecular flexibility index (Phi) is 52.3. The lowest BCUT2D eigenvalue weighted by Crippen LogP contribution is -2.30. The summed E-state index contributed by atoms with van der Waals surface area (Å²) in [6, 6.07) is 0. The van der Waals surface area contributed by atoms with Crippen LogP contribution in [0.25, 0.3) is 0 Å². The van der Waals surface area contributed by atoms with Gasteiger partial charge in [0.1, 0.15) is 13.2 Å². The Morgan fingerprint density at radius 2 is 0.554 bits per heavy atom. The van der Waals surface area contributed by atoms with Crippen LogP contribution in [0.4, 0.5) is 0 Å². The Morgan fingerprint density at radius 1 is 0.308 bits per heavy atom. The van der Waals surface area contributed by atoms with E-state index in [1.54, 1.807) is 0 Å². The number of esters is 3. The molecular formula is C59H108O6. The number of allylic oxidation sites excluding steroid dienone is 6. The van der Waals surface area contributed by atoms with E-state index >= 15 is 0 Å². The van der Waals surface area contributed by atoms with Crippen LogP contribution >= 0.6 is 0 Å². The number of hydrogen-bond acceptors (Lipinski definition) is 6. The minimum Gasteiger partial charge on any atom is -0.462 e. The zero-order valence-electron chi connectivity index (χ0n) is 43.5. The molecule has 0 heterocycles. The topological polar surface area (TPSA) is 78.9 Å². The van der Waals surface area contributed by atoms with Crippen molar-refractivity contribution in [2.75, 3.05) is 13.2 Å². The number of rotatable bonds is 52. The van der Waals surface area contributed by atoms with Crippen molar-refractivity contribution in [2.24, 2.45) is 0 Å². The summed E-state index contributed by atoms with van der Waals surface area (Å²) in [5, 5.41) is 0. The first-order valence-corrected chi connectivity index (χ1v) is 28.5. The van der Waals surface area contributed by atoms with Crippen LogP contribution in [0, 0.1) is 0 Å². The number of ether oxygens (including phenoxy) is 3. The van der Waals surface area contributed by atoms with Gasteiger partial charge in [0.15, 0.2) is 6.10 Å². The molecule has 0 aromatic rings. The van der Waals surface area contributed by atoms with E-state index in [0.717, 1.165) is 77.0 Å². The van der Waals surface area contributed by atoms with E-state index in [1.807, 2.05) is 0 Å². The zero-order chi connectivity index (χ0) is 47.2. The summed E-state index contributed by atoms with van der Waals surface area (Å²) in [7, 11) is 0. The lowest BCUT2D eigenvalue weighted by molar-refractivity contribution is -0.167. The van der Waals surface area contributed by atoms with Gasteiger partial charge in [0.25, 0.3) is 0 Å². The van der Waals surface area contributed by atoms with E-state index < -0.39 is 6.10 Å². The Bertz CT molecular complexity index is 1090. The summed E-state index contributed by atoms with van der Waals surface area (Å²) >= 11 is 0. The van der Waals surface area contributed by atoms with E-state index in [1.165, 1.54) is 186 Å². The molecule has 380 valence electrons. The Labute approximate surface area is 404 Å². The van der Waals surface area contributed by atoms with Crippen LogP contribution in [-0.2, 0) is 28.6 Å². The SMILES string of the molecule is CCCCC/C=C\C/C=C\CCCCCCCCCC(=O)OC[C@H](COC(=O)CCCCCCCCCCCCCCCCC)OC(=O)CCCCCCC/C=C\CCCCCCCC. The predicted molar refractivity (Wildman–Crippen MR) is 279 cm³/mol. The second-order valence-electron chi connectivity index (χ2n) is 19.2. The van der Waals surface area contributed by atoms with Gasteiger partial charge in [-0.15, -0.1) is 0 Å². The Balaban J connectivity index is 4.36. The fourth-order valence-corrected chi connectivity index (χ4v) is 8.29. The molecule has 0 aliphatic rings. The smallest absolute Gasteiger partial charge is 0.306 e. The maximum absolute atomic E-state index is 12.8. The molecule has 65 heavy (non-hydrogen) atoms. The second kappa shape index (κ2) is 54.2. The highest BCUT2D eigenvalue weighted by molar-refractivity contribution is 5.71. The molecule has 0 saturated heterocycles. The van der Waals surface area contributed by atoms with Gasteiger partial charge in [-0.1, -0.05) is 243 Å². The largest absolute Gasteiger partial charge is 0.462 e. The summed E-state index contributed by atoms with van der Waals surface area (Å²) in [4.78, 5) is 38.1. The predicted octanol–water partition coefficient (Wildman–Crippen LogP) is 18.9. The van der Waals surface area contributed by atoms with Crippen molar-refractivity contribution in [3.05, 3.63) is 36.5 Å². The minimum atomic E-state index is -0.776. The van der Waals surface area contributed by atoms with Crippen LogP contribution in [0.1, 0.15) is 303 Å². The number of carbonyl (C=O) groups is 3. The fourth-order valence-electron chi connectivity index (χ4n) is 8.29. The van der Waals surface area contributed by atoms with Gasteiger partial charge >= 0.3 is 17.9 Å². The summed E-state index contributed by atoms with van der Waals surface area (Å²) in [5.41, 5.74) is 0. The molecule has 0 aromatic heterocycles. The van der Waals surface area contributed by atoms with Crippen molar-refractivity contribution < 1.29 is 28.6 Å². The third kappa shape index (κ3) is 52.5. The van der Waals surface area contributed by atoms with Crippen molar-refractivity contribution in [1.29, 1.82) is 0 Å². The monoisotopic (exact) mass is 913 g/mol. The minimum absolute atomic E-state index is 0.0745. The van der Waals surface area contributed by atoms with Gasteiger partial charge in [0, 0.05) is 19.3 Å². The van der Waals surface area contributed by atoms with Gasteiger partial charge in [0.05, 0.1) is 0 Å². The van der Waals surface area contributed by atoms with Gasteiger partial charge in [0.2, 0.25) is 0 Å². The van der Waals surface area contributed by atoms with Crippen molar-refractivity contribution in [3.63, 3.8) is 0 Å². The third-order valence-electron chi connectivity index (χ3n) is 12.6. The Morgan fingerprint density at radius 3 is 0.892 bits per heavy atom. The lowest BCUT2D eigenvalue weighted by atomic mass is 10.0. The van der Waals surface area contributed by atoms with Gasteiger partial charge in [-0.2, -0.15) is 0 Å². The second-order valence-corrected chi connectivity index (χ2v) is 19.2. The van der Waals surface area contributed by atoms with Crippen molar-refractivity contribution in [3.8, 4) is 0 Å². The number of carbonyl (C=O) groups excluding carboxylic acids is 3. The molecule has 0 bridgehead atoms. The molecule has 6 nitrogen and oxygen atoms in total. The molecule has 0 N–H and O–H groups in total. The molecule has 0 amide bonds. The molecule has 0 saturated carbocycles. The van der Waals surface area contributed by atoms with Crippen LogP contribution in [0.3, 0.4) is 0 Å². The Hall–Kier alpha value is -2.37. The molecule has 0 aliphatic carbocycles. The zero-order valence-corrected chi connectivity index (χ0v) is 43.5. The van der Waals surface area contributed by atoms with Gasteiger partial charge in [-0.3, -0.25) is 14.4 Å². The average Bonchev–Trinajstić information content (AvgIpc) is 3.30. The van der Waals surface area contributed by atoms with Gasteiger partial charge in [-0.05, 0) is 77.0 Å². The van der Waals surface area contributed by atoms with E-state index in [4.69, 9.17) is 14.2 Å². The first-order chi connectivity index (χ1) is 32.0. The highest BCUT2D eigenvalue weighted by Crippen LogP contribution is 2.16. The summed E-state index contributed by atoms with van der Waals surface area (Å²) in [5.74, 6) is -0.875. The summed E-state index contributed by atoms with van der Waals surface area (Å²) in [6.07, 6.45) is 64.1. The molecule has 0 aromatic carbocycles. The number of hydrogen-bond donors (Lipinski definition) is 0. The van der Waals surface area contributed by atoms with E-state index in [0.29, 0.717) is 19.3 Å². The molecule has 6 heteroatoms. The average molecular weight is 914 g/mol. The van der Waals surface area contributed by atoms with Gasteiger partial charge in [-0.25, -0.2) is 0 Å². The van der Waals surface area contributed by atoms with Crippen LogP contribution in [-0.4, -0.2) is 37.2 Å². The van der Waals surface area contributed by atoms with E-state index in [9.17, 15) is 14.4 Å². The summed E-state index contributed by atoms with van der Waals surface area (Å²) < 4.78 is 16.9. The molecule has 0 unspecified atom stereocenters. The van der Waals surface area contributed by atoms with Crippen LogP contribution in [0.2, 0.25) is 0 Å². The summed E-state index contributed by atoms with van der Waals surface area (Å²) in [6.45, 7) is 6.63.